The third kappa shape index (κ3) is 2.80. The summed E-state index contributed by atoms with van der Waals surface area (Å²) in [7, 11) is 0. The fourth-order valence-corrected chi connectivity index (χ4v) is 2.28. The largest absolute Gasteiger partial charge is 0.345 e. The summed E-state index contributed by atoms with van der Waals surface area (Å²) >= 11 is 0. The zero-order chi connectivity index (χ0) is 14.7. The van der Waals surface area contributed by atoms with E-state index in [2.05, 4.69) is 21.3 Å². The zero-order valence-electron chi connectivity index (χ0n) is 12.0. The van der Waals surface area contributed by atoms with Crippen molar-refractivity contribution < 1.29 is 4.79 Å². The van der Waals surface area contributed by atoms with Gasteiger partial charge in [-0.2, -0.15) is 5.10 Å². The van der Waals surface area contributed by atoms with E-state index in [1.165, 1.54) is 0 Å². The summed E-state index contributed by atoms with van der Waals surface area (Å²) in [4.78, 5) is 16.1. The molecule has 0 aliphatic carbocycles. The van der Waals surface area contributed by atoms with Crippen molar-refractivity contribution in [2.75, 3.05) is 6.54 Å². The van der Waals surface area contributed by atoms with Gasteiger partial charge in [0.2, 0.25) is 5.91 Å². The predicted octanol–water partition coefficient (Wildman–Crippen LogP) is 1.34. The summed E-state index contributed by atoms with van der Waals surface area (Å²) in [5.41, 5.74) is 4.82. The zero-order valence-corrected chi connectivity index (χ0v) is 12.0. The number of terminal acetylenes is 1. The monoisotopic (exact) mass is 270 g/mol. The van der Waals surface area contributed by atoms with E-state index in [0.29, 0.717) is 12.8 Å². The van der Waals surface area contributed by atoms with Gasteiger partial charge in [-0.1, -0.05) is 5.92 Å². The number of nitrogens with one attached hydrogen (secondary N) is 1. The number of nitrogens with zero attached hydrogens (tertiary/aromatic N) is 3. The van der Waals surface area contributed by atoms with Gasteiger partial charge in [-0.3, -0.25) is 4.79 Å². The molecular weight excluding hydrogens is 252 g/mol. The second kappa shape index (κ2) is 5.74. The molecule has 5 heteroatoms. The third-order valence-electron chi connectivity index (χ3n) is 3.28. The molecule has 0 unspecified atom stereocenters. The second-order valence-electron chi connectivity index (χ2n) is 4.80. The lowest BCUT2D eigenvalue weighted by molar-refractivity contribution is -0.120. The van der Waals surface area contributed by atoms with Gasteiger partial charge in [0.15, 0.2) is 5.65 Å². The number of carbonyl (C=O) groups is 1. The van der Waals surface area contributed by atoms with Gasteiger partial charge in [0.1, 0.15) is 0 Å². The highest BCUT2D eigenvalue weighted by atomic mass is 16.1. The van der Waals surface area contributed by atoms with Gasteiger partial charge >= 0.3 is 0 Å². The summed E-state index contributed by atoms with van der Waals surface area (Å²) in [6.07, 6.45) is 6.14. The van der Waals surface area contributed by atoms with Crippen molar-refractivity contribution in [3.8, 4) is 12.3 Å². The molecule has 2 aromatic heterocycles. The van der Waals surface area contributed by atoms with Crippen molar-refractivity contribution in [3.63, 3.8) is 0 Å². The Bertz CT molecular complexity index is 694. The molecule has 0 spiro atoms. The van der Waals surface area contributed by atoms with Crippen molar-refractivity contribution in [1.29, 1.82) is 0 Å². The number of rotatable bonds is 4. The number of hydrogen-bond acceptors (Lipinski definition) is 3. The van der Waals surface area contributed by atoms with Crippen LogP contribution in [0.5, 0.6) is 0 Å². The molecule has 0 fully saturated rings. The Morgan fingerprint density at radius 3 is 2.90 bits per heavy atom. The molecule has 1 amide bonds. The molecule has 104 valence electrons. The minimum absolute atomic E-state index is 0.0431. The Hall–Kier alpha value is -2.35. The first-order valence-corrected chi connectivity index (χ1v) is 6.55. The highest BCUT2D eigenvalue weighted by Crippen LogP contribution is 2.16. The van der Waals surface area contributed by atoms with E-state index in [1.807, 2.05) is 31.4 Å². The average molecular weight is 270 g/mol. The lowest BCUT2D eigenvalue weighted by atomic mass is 10.1. The maximum absolute atomic E-state index is 11.6. The van der Waals surface area contributed by atoms with Gasteiger partial charge in [-0.15, -0.1) is 6.42 Å². The average Bonchev–Trinajstić information content (AvgIpc) is 2.76. The van der Waals surface area contributed by atoms with Crippen LogP contribution in [0, 0.1) is 33.1 Å². The number of aromatic nitrogens is 3. The van der Waals surface area contributed by atoms with Crippen LogP contribution >= 0.6 is 0 Å². The van der Waals surface area contributed by atoms with Gasteiger partial charge < -0.3 is 5.32 Å². The van der Waals surface area contributed by atoms with Crippen molar-refractivity contribution in [2.24, 2.45) is 0 Å². The van der Waals surface area contributed by atoms with Crippen LogP contribution in [0.2, 0.25) is 0 Å². The van der Waals surface area contributed by atoms with E-state index in [1.54, 1.807) is 0 Å². The first-order valence-electron chi connectivity index (χ1n) is 6.55. The van der Waals surface area contributed by atoms with Gasteiger partial charge in [0.05, 0.1) is 12.2 Å². The van der Waals surface area contributed by atoms with Gasteiger partial charge in [0, 0.05) is 23.9 Å². The standard InChI is InChI=1S/C15H18N4O/c1-5-8-16-15(20)7-6-13-11(3)17-14-9-10(2)18-19(14)12(13)4/h1,9H,6-8H2,2-4H3,(H,16,20). The molecule has 2 rings (SSSR count). The summed E-state index contributed by atoms with van der Waals surface area (Å²) in [6, 6.07) is 1.95. The Labute approximate surface area is 118 Å². The number of hydrogen-bond donors (Lipinski definition) is 1. The molecule has 2 aromatic rings. The molecule has 0 saturated carbocycles. The van der Waals surface area contributed by atoms with Gasteiger partial charge in [-0.05, 0) is 32.8 Å². The SMILES string of the molecule is C#CCNC(=O)CCc1c(C)nc2cc(C)nn2c1C. The maximum Gasteiger partial charge on any atom is 0.221 e. The van der Waals surface area contributed by atoms with Crippen LogP contribution in [0.3, 0.4) is 0 Å². The van der Waals surface area contributed by atoms with Crippen LogP contribution < -0.4 is 5.32 Å². The second-order valence-corrected chi connectivity index (χ2v) is 4.80. The highest BCUT2D eigenvalue weighted by Gasteiger charge is 2.12. The number of amides is 1. The molecule has 0 aromatic carbocycles. The van der Waals surface area contributed by atoms with Crippen LogP contribution in [0.25, 0.3) is 5.65 Å². The normalized spacial score (nSPS) is 10.5. The first kappa shape index (κ1) is 14.1. The Morgan fingerprint density at radius 2 is 2.20 bits per heavy atom. The lowest BCUT2D eigenvalue weighted by Crippen LogP contribution is -2.24. The number of carbonyl (C=O) groups excluding carboxylic acids is 1. The van der Waals surface area contributed by atoms with E-state index >= 15 is 0 Å². The fourth-order valence-electron chi connectivity index (χ4n) is 2.28. The summed E-state index contributed by atoms with van der Waals surface area (Å²) in [5, 5.41) is 7.08. The fraction of sp³-hybridized carbons (Fsp3) is 0.400. The molecule has 0 aliphatic heterocycles. The highest BCUT2D eigenvalue weighted by molar-refractivity contribution is 5.76. The molecule has 0 atom stereocenters. The van der Waals surface area contributed by atoms with Crippen molar-refractivity contribution >= 4 is 11.6 Å². The molecule has 5 nitrogen and oxygen atoms in total. The number of fused-ring (bicyclic) bond motifs is 1. The molecule has 20 heavy (non-hydrogen) atoms. The van der Waals surface area contributed by atoms with Crippen molar-refractivity contribution in [1.82, 2.24) is 19.9 Å². The Kier molecular flexibility index (Phi) is 4.04. The predicted molar refractivity (Wildman–Crippen MR) is 77.4 cm³/mol. The minimum Gasteiger partial charge on any atom is -0.345 e. The first-order chi connectivity index (χ1) is 9.52. The third-order valence-corrected chi connectivity index (χ3v) is 3.28. The Balaban J connectivity index is 2.22. The topological polar surface area (TPSA) is 59.3 Å². The van der Waals surface area contributed by atoms with Crippen LogP contribution in [0.15, 0.2) is 6.07 Å². The van der Waals surface area contributed by atoms with Crippen LogP contribution in [-0.2, 0) is 11.2 Å². The smallest absolute Gasteiger partial charge is 0.221 e. The molecule has 1 N–H and O–H groups in total. The lowest BCUT2D eigenvalue weighted by Gasteiger charge is -2.10. The van der Waals surface area contributed by atoms with Crippen LogP contribution in [0.4, 0.5) is 0 Å². The van der Waals surface area contributed by atoms with E-state index in [4.69, 9.17) is 6.42 Å². The molecule has 0 saturated heterocycles. The molecule has 0 radical (unpaired) electrons. The molecule has 0 aliphatic rings. The molecule has 2 heterocycles. The van der Waals surface area contributed by atoms with Crippen molar-refractivity contribution in [3.05, 3.63) is 28.7 Å². The maximum atomic E-state index is 11.6. The quantitative estimate of drug-likeness (QED) is 0.853. The number of aryl methyl sites for hydroxylation is 3. The van der Waals surface area contributed by atoms with E-state index in [-0.39, 0.29) is 12.5 Å². The summed E-state index contributed by atoms with van der Waals surface area (Å²) < 4.78 is 1.83. The summed E-state index contributed by atoms with van der Waals surface area (Å²) in [5.74, 6) is 2.35. The van der Waals surface area contributed by atoms with Crippen LogP contribution in [-0.4, -0.2) is 27.0 Å². The van der Waals surface area contributed by atoms with Gasteiger partial charge in [0.25, 0.3) is 0 Å². The van der Waals surface area contributed by atoms with E-state index < -0.39 is 0 Å². The van der Waals surface area contributed by atoms with E-state index in [9.17, 15) is 4.79 Å². The van der Waals surface area contributed by atoms with Crippen molar-refractivity contribution in [2.45, 2.75) is 33.6 Å². The molecular formula is C15H18N4O. The van der Waals surface area contributed by atoms with Gasteiger partial charge in [-0.25, -0.2) is 9.50 Å². The summed E-state index contributed by atoms with van der Waals surface area (Å²) in [6.45, 7) is 6.18. The van der Waals surface area contributed by atoms with E-state index in [0.717, 1.165) is 28.3 Å². The minimum atomic E-state index is -0.0431. The Morgan fingerprint density at radius 1 is 1.45 bits per heavy atom. The molecule has 0 bridgehead atoms. The van der Waals surface area contributed by atoms with Crippen LogP contribution in [0.1, 0.15) is 29.1 Å².